The summed E-state index contributed by atoms with van der Waals surface area (Å²) in [6.45, 7) is -0.521. The molecule has 27 heavy (non-hydrogen) atoms. The van der Waals surface area contributed by atoms with E-state index < -0.39 is 6.61 Å². The fourth-order valence-electron chi connectivity index (χ4n) is 3.20. The molecule has 1 atom stereocenters. The predicted molar refractivity (Wildman–Crippen MR) is 97.0 cm³/mol. The minimum atomic E-state index is -2.87. The fourth-order valence-corrected chi connectivity index (χ4v) is 3.20. The van der Waals surface area contributed by atoms with E-state index in [0.717, 1.165) is 31.7 Å². The molecule has 1 aromatic heterocycles. The third-order valence-corrected chi connectivity index (χ3v) is 4.50. The van der Waals surface area contributed by atoms with E-state index >= 15 is 0 Å². The number of rotatable bonds is 7. The van der Waals surface area contributed by atoms with Crippen LogP contribution in [0.1, 0.15) is 31.1 Å². The number of hydrogen-bond donors (Lipinski definition) is 2. The Morgan fingerprint density at radius 2 is 1.89 bits per heavy atom. The topological polar surface area (TPSA) is 66.7 Å². The minimum absolute atomic E-state index is 0.0205. The van der Waals surface area contributed by atoms with Crippen molar-refractivity contribution >= 4 is 11.7 Å². The molecule has 1 saturated heterocycles. The maximum absolute atomic E-state index is 12.2. The molecule has 1 unspecified atom stereocenters. The van der Waals surface area contributed by atoms with E-state index in [1.165, 1.54) is 30.7 Å². The number of carbonyl (C=O) groups excluding carboxylic acids is 1. The maximum Gasteiger partial charge on any atom is 0.387 e. The molecule has 0 saturated carbocycles. The van der Waals surface area contributed by atoms with Crippen molar-refractivity contribution in [3.05, 3.63) is 48.4 Å². The Hall–Kier alpha value is -2.61. The normalized spacial score (nSPS) is 16.1. The van der Waals surface area contributed by atoms with Crippen LogP contribution in [0, 0.1) is 0 Å². The summed E-state index contributed by atoms with van der Waals surface area (Å²) in [5, 5.41) is 5.54. The van der Waals surface area contributed by atoms with Gasteiger partial charge in [-0.15, -0.1) is 0 Å². The highest BCUT2D eigenvalue weighted by molar-refractivity contribution is 5.89. The lowest BCUT2D eigenvalue weighted by Crippen LogP contribution is -2.41. The Labute approximate surface area is 156 Å². The van der Waals surface area contributed by atoms with Crippen LogP contribution < -0.4 is 15.4 Å². The van der Waals surface area contributed by atoms with E-state index in [1.807, 2.05) is 12.1 Å². The van der Waals surface area contributed by atoms with Gasteiger partial charge in [0.1, 0.15) is 11.5 Å². The van der Waals surface area contributed by atoms with E-state index in [-0.39, 0.29) is 17.8 Å². The number of anilines is 1. The van der Waals surface area contributed by atoms with Crippen molar-refractivity contribution in [3.63, 3.8) is 0 Å². The molecule has 1 aromatic carbocycles. The van der Waals surface area contributed by atoms with Gasteiger partial charge in [-0.2, -0.15) is 8.78 Å². The fraction of sp³-hybridized carbons (Fsp3) is 0.421. The minimum Gasteiger partial charge on any atom is -0.468 e. The lowest BCUT2D eigenvalue weighted by Gasteiger charge is -2.33. The molecule has 2 aromatic rings. The molecule has 1 fully saturated rings. The molecular formula is C19H23F2N3O3. The zero-order chi connectivity index (χ0) is 19.1. The van der Waals surface area contributed by atoms with E-state index in [0.29, 0.717) is 12.2 Å². The number of piperidine rings is 1. The number of ether oxygens (including phenoxy) is 1. The average Bonchev–Trinajstić information content (AvgIpc) is 3.18. The number of benzene rings is 1. The van der Waals surface area contributed by atoms with Gasteiger partial charge in [-0.05, 0) is 62.3 Å². The van der Waals surface area contributed by atoms with Gasteiger partial charge >= 0.3 is 12.6 Å². The second kappa shape index (κ2) is 9.36. The standard InChI is InChI=1S/C19H23F2N3O3/c20-18(21)27-15-8-6-14(7-9-15)23-19(25)22-13-16(17-5-4-12-26-17)24-10-2-1-3-11-24/h4-9,12,16,18H,1-3,10-11,13H2,(H2,22,23,25). The SMILES string of the molecule is O=C(NCC(c1ccco1)N1CCCCC1)Nc1ccc(OC(F)F)cc1. The van der Waals surface area contributed by atoms with Crippen LogP contribution in [0.4, 0.5) is 19.3 Å². The van der Waals surface area contributed by atoms with Crippen LogP contribution in [-0.2, 0) is 0 Å². The van der Waals surface area contributed by atoms with Crippen molar-refractivity contribution in [1.82, 2.24) is 10.2 Å². The first kappa shape index (κ1) is 19.2. The Kier molecular flexibility index (Phi) is 6.64. The summed E-state index contributed by atoms with van der Waals surface area (Å²) >= 11 is 0. The Bertz CT molecular complexity index is 701. The number of carbonyl (C=O) groups is 1. The summed E-state index contributed by atoms with van der Waals surface area (Å²) in [4.78, 5) is 14.5. The van der Waals surface area contributed by atoms with Gasteiger partial charge in [0, 0.05) is 12.2 Å². The van der Waals surface area contributed by atoms with E-state index in [1.54, 1.807) is 6.26 Å². The van der Waals surface area contributed by atoms with Crippen LogP contribution in [0.2, 0.25) is 0 Å². The van der Waals surface area contributed by atoms with Crippen LogP contribution in [-0.4, -0.2) is 37.2 Å². The number of likely N-dealkylation sites (tertiary alicyclic amines) is 1. The van der Waals surface area contributed by atoms with Crippen molar-refractivity contribution < 1.29 is 22.7 Å². The van der Waals surface area contributed by atoms with Crippen LogP contribution in [0.25, 0.3) is 0 Å². The molecule has 0 aliphatic carbocycles. The van der Waals surface area contributed by atoms with Crippen LogP contribution >= 0.6 is 0 Å². The Balaban J connectivity index is 1.54. The molecule has 0 spiro atoms. The van der Waals surface area contributed by atoms with Gasteiger partial charge in [0.2, 0.25) is 0 Å². The Morgan fingerprint density at radius 1 is 1.15 bits per heavy atom. The third-order valence-electron chi connectivity index (χ3n) is 4.50. The molecule has 0 radical (unpaired) electrons. The molecule has 0 bridgehead atoms. The number of amides is 2. The number of alkyl halides is 2. The van der Waals surface area contributed by atoms with Crippen molar-refractivity contribution in [3.8, 4) is 5.75 Å². The maximum atomic E-state index is 12.2. The first-order chi connectivity index (χ1) is 13.1. The quantitative estimate of drug-likeness (QED) is 0.756. The van der Waals surface area contributed by atoms with Crippen molar-refractivity contribution in [2.45, 2.75) is 31.9 Å². The van der Waals surface area contributed by atoms with Gasteiger partial charge in [-0.3, -0.25) is 4.90 Å². The number of hydrogen-bond acceptors (Lipinski definition) is 4. The monoisotopic (exact) mass is 379 g/mol. The van der Waals surface area contributed by atoms with E-state index in [2.05, 4.69) is 20.3 Å². The summed E-state index contributed by atoms with van der Waals surface area (Å²) in [5.74, 6) is 0.865. The van der Waals surface area contributed by atoms with Crippen LogP contribution in [0.3, 0.4) is 0 Å². The Morgan fingerprint density at radius 3 is 2.52 bits per heavy atom. The second-order valence-electron chi connectivity index (χ2n) is 6.37. The highest BCUT2D eigenvalue weighted by atomic mass is 19.3. The molecule has 3 rings (SSSR count). The lowest BCUT2D eigenvalue weighted by molar-refractivity contribution is -0.0498. The summed E-state index contributed by atoms with van der Waals surface area (Å²) < 4.78 is 34.2. The lowest BCUT2D eigenvalue weighted by atomic mass is 10.1. The second-order valence-corrected chi connectivity index (χ2v) is 6.37. The number of urea groups is 1. The first-order valence-corrected chi connectivity index (χ1v) is 8.99. The third kappa shape index (κ3) is 5.68. The highest BCUT2D eigenvalue weighted by Crippen LogP contribution is 2.24. The average molecular weight is 379 g/mol. The van der Waals surface area contributed by atoms with Gasteiger partial charge in [-0.25, -0.2) is 4.79 Å². The molecule has 2 N–H and O–H groups in total. The predicted octanol–water partition coefficient (Wildman–Crippen LogP) is 4.23. The van der Waals surface area contributed by atoms with Gasteiger partial charge < -0.3 is 19.8 Å². The van der Waals surface area contributed by atoms with Crippen molar-refractivity contribution in [1.29, 1.82) is 0 Å². The van der Waals surface area contributed by atoms with E-state index in [9.17, 15) is 13.6 Å². The summed E-state index contributed by atoms with van der Waals surface area (Å²) in [6, 6.07) is 9.13. The molecular weight excluding hydrogens is 356 g/mol. The molecule has 1 aliphatic rings. The number of furan rings is 1. The largest absolute Gasteiger partial charge is 0.468 e. The van der Waals surface area contributed by atoms with Crippen LogP contribution in [0.15, 0.2) is 47.1 Å². The van der Waals surface area contributed by atoms with Gasteiger partial charge in [0.25, 0.3) is 0 Å². The molecule has 146 valence electrons. The molecule has 2 heterocycles. The number of halogens is 2. The molecule has 8 heteroatoms. The first-order valence-electron chi connectivity index (χ1n) is 8.99. The smallest absolute Gasteiger partial charge is 0.387 e. The zero-order valence-corrected chi connectivity index (χ0v) is 14.9. The van der Waals surface area contributed by atoms with Gasteiger partial charge in [0.15, 0.2) is 0 Å². The molecule has 6 nitrogen and oxygen atoms in total. The molecule has 2 amide bonds. The zero-order valence-electron chi connectivity index (χ0n) is 14.9. The number of nitrogens with zero attached hydrogens (tertiary/aromatic N) is 1. The summed E-state index contributed by atoms with van der Waals surface area (Å²) in [6.07, 6.45) is 5.13. The number of nitrogens with one attached hydrogen (secondary N) is 2. The van der Waals surface area contributed by atoms with Gasteiger partial charge in [0.05, 0.1) is 12.3 Å². The highest BCUT2D eigenvalue weighted by Gasteiger charge is 2.24. The van der Waals surface area contributed by atoms with Gasteiger partial charge in [-0.1, -0.05) is 6.42 Å². The van der Waals surface area contributed by atoms with Crippen molar-refractivity contribution in [2.75, 3.05) is 25.0 Å². The van der Waals surface area contributed by atoms with E-state index in [4.69, 9.17) is 4.42 Å². The van der Waals surface area contributed by atoms with Crippen molar-refractivity contribution in [2.24, 2.45) is 0 Å². The summed E-state index contributed by atoms with van der Waals surface area (Å²) in [7, 11) is 0. The molecule has 1 aliphatic heterocycles. The van der Waals surface area contributed by atoms with Crippen LogP contribution in [0.5, 0.6) is 5.75 Å². The summed E-state index contributed by atoms with van der Waals surface area (Å²) in [5.41, 5.74) is 0.488.